The van der Waals surface area contributed by atoms with Crippen LogP contribution in [-0.2, 0) is 4.74 Å². The van der Waals surface area contributed by atoms with E-state index in [4.69, 9.17) is 21.1 Å². The maximum absolute atomic E-state index is 12.2. The summed E-state index contributed by atoms with van der Waals surface area (Å²) in [4.78, 5) is 22.4. The second-order valence-electron chi connectivity index (χ2n) is 4.74. The van der Waals surface area contributed by atoms with Gasteiger partial charge in [0.25, 0.3) is 11.6 Å². The lowest BCUT2D eigenvalue weighted by Gasteiger charge is -2.08. The van der Waals surface area contributed by atoms with Crippen molar-refractivity contribution in [2.45, 2.75) is 0 Å². The van der Waals surface area contributed by atoms with E-state index >= 15 is 0 Å². The largest absolute Gasteiger partial charge is 0.491 e. The van der Waals surface area contributed by atoms with Gasteiger partial charge in [-0.25, -0.2) is 0 Å². The van der Waals surface area contributed by atoms with Gasteiger partial charge in [-0.1, -0.05) is 11.6 Å². The van der Waals surface area contributed by atoms with Crippen LogP contribution in [-0.4, -0.2) is 31.2 Å². The summed E-state index contributed by atoms with van der Waals surface area (Å²) in [6, 6.07) is 10.6. The van der Waals surface area contributed by atoms with Gasteiger partial charge in [-0.05, 0) is 36.4 Å². The van der Waals surface area contributed by atoms with Crippen molar-refractivity contribution in [3.8, 4) is 5.75 Å². The van der Waals surface area contributed by atoms with Crippen LogP contribution in [0.2, 0.25) is 5.02 Å². The minimum Gasteiger partial charge on any atom is -0.491 e. The smallest absolute Gasteiger partial charge is 0.289 e. The quantitative estimate of drug-likeness (QED) is 0.468. The van der Waals surface area contributed by atoms with Crippen molar-refractivity contribution < 1.29 is 19.2 Å². The topological polar surface area (TPSA) is 90.7 Å². The molecule has 0 saturated carbocycles. The molecule has 1 N–H and O–H groups in total. The van der Waals surface area contributed by atoms with Gasteiger partial charge in [-0.15, -0.1) is 0 Å². The predicted molar refractivity (Wildman–Crippen MR) is 89.9 cm³/mol. The van der Waals surface area contributed by atoms with E-state index in [9.17, 15) is 14.9 Å². The summed E-state index contributed by atoms with van der Waals surface area (Å²) in [6.45, 7) is 0.883. The molecule has 0 aliphatic heterocycles. The lowest BCUT2D eigenvalue weighted by Crippen LogP contribution is -2.12. The van der Waals surface area contributed by atoms with E-state index in [0.29, 0.717) is 24.5 Å². The third kappa shape index (κ3) is 4.68. The van der Waals surface area contributed by atoms with E-state index in [0.717, 1.165) is 0 Å². The number of nitrogens with zero attached hydrogens (tertiary/aromatic N) is 1. The minimum absolute atomic E-state index is 0.00978. The molecule has 0 bridgehead atoms. The number of anilines is 1. The van der Waals surface area contributed by atoms with Crippen LogP contribution in [0.5, 0.6) is 5.75 Å². The monoisotopic (exact) mass is 350 g/mol. The van der Waals surface area contributed by atoms with Gasteiger partial charge in [-0.2, -0.15) is 0 Å². The summed E-state index contributed by atoms with van der Waals surface area (Å²) in [5.74, 6) is 0.223. The molecule has 0 spiro atoms. The van der Waals surface area contributed by atoms with Crippen molar-refractivity contribution in [3.05, 3.63) is 63.2 Å². The molecule has 1 amide bonds. The first-order chi connectivity index (χ1) is 11.5. The number of methoxy groups -OCH3 is 1. The second-order valence-corrected chi connectivity index (χ2v) is 5.15. The van der Waals surface area contributed by atoms with E-state index in [-0.39, 0.29) is 16.4 Å². The maximum atomic E-state index is 12.2. The third-order valence-corrected chi connectivity index (χ3v) is 3.39. The highest BCUT2D eigenvalue weighted by molar-refractivity contribution is 6.32. The average molecular weight is 351 g/mol. The number of carbonyl (C=O) groups is 1. The third-order valence-electron chi connectivity index (χ3n) is 3.07. The van der Waals surface area contributed by atoms with Gasteiger partial charge in [0, 0.05) is 24.4 Å². The molecule has 2 aromatic rings. The summed E-state index contributed by atoms with van der Waals surface area (Å²) in [6.07, 6.45) is 0. The number of halogens is 1. The zero-order chi connectivity index (χ0) is 17.5. The molecule has 0 aliphatic rings. The molecule has 7 nitrogen and oxygen atoms in total. The highest BCUT2D eigenvalue weighted by atomic mass is 35.5. The van der Waals surface area contributed by atoms with Crippen LogP contribution < -0.4 is 10.1 Å². The van der Waals surface area contributed by atoms with E-state index < -0.39 is 10.8 Å². The Morgan fingerprint density at radius 2 is 1.92 bits per heavy atom. The molecule has 0 saturated heterocycles. The van der Waals surface area contributed by atoms with Crippen molar-refractivity contribution in [3.63, 3.8) is 0 Å². The first kappa shape index (κ1) is 17.7. The Labute approximate surface area is 143 Å². The lowest BCUT2D eigenvalue weighted by molar-refractivity contribution is -0.384. The first-order valence-corrected chi connectivity index (χ1v) is 7.36. The second kappa shape index (κ2) is 8.28. The number of nitro groups is 1. The molecule has 0 aliphatic carbocycles. The van der Waals surface area contributed by atoms with Gasteiger partial charge in [0.15, 0.2) is 0 Å². The molecular weight excluding hydrogens is 336 g/mol. The zero-order valence-electron chi connectivity index (χ0n) is 12.8. The fourth-order valence-electron chi connectivity index (χ4n) is 1.88. The average Bonchev–Trinajstić information content (AvgIpc) is 2.57. The van der Waals surface area contributed by atoms with Crippen LogP contribution in [0, 0.1) is 10.1 Å². The molecule has 8 heteroatoms. The zero-order valence-corrected chi connectivity index (χ0v) is 13.6. The van der Waals surface area contributed by atoms with Crippen LogP contribution >= 0.6 is 11.6 Å². The summed E-state index contributed by atoms with van der Waals surface area (Å²) >= 11 is 5.74. The maximum Gasteiger partial charge on any atom is 0.289 e. The first-order valence-electron chi connectivity index (χ1n) is 6.98. The fourth-order valence-corrected chi connectivity index (χ4v) is 2.07. The summed E-state index contributed by atoms with van der Waals surface area (Å²) in [7, 11) is 1.58. The molecule has 0 fully saturated rings. The molecule has 0 atom stereocenters. The van der Waals surface area contributed by atoms with E-state index in [1.54, 1.807) is 31.4 Å². The summed E-state index contributed by atoms with van der Waals surface area (Å²) < 4.78 is 10.3. The van der Waals surface area contributed by atoms with Crippen molar-refractivity contribution in [2.24, 2.45) is 0 Å². The van der Waals surface area contributed by atoms with E-state index in [1.807, 2.05) is 0 Å². The van der Waals surface area contributed by atoms with Crippen LogP contribution in [0.25, 0.3) is 0 Å². The van der Waals surface area contributed by atoms with Crippen LogP contribution in [0.15, 0.2) is 42.5 Å². The summed E-state index contributed by atoms with van der Waals surface area (Å²) in [5, 5.41) is 13.5. The number of hydrogen-bond acceptors (Lipinski definition) is 5. The van der Waals surface area contributed by atoms with E-state index in [2.05, 4.69) is 5.32 Å². The standard InChI is InChI=1S/C16H15ClN2O5/c1-23-8-9-24-13-5-2-11(3-6-13)16(20)18-12-4-7-14(17)15(10-12)19(21)22/h2-7,10H,8-9H2,1H3,(H,18,20). The van der Waals surface area contributed by atoms with Gasteiger partial charge in [0.1, 0.15) is 17.4 Å². The highest BCUT2D eigenvalue weighted by Gasteiger charge is 2.14. The van der Waals surface area contributed by atoms with E-state index in [1.165, 1.54) is 18.2 Å². The van der Waals surface area contributed by atoms with Gasteiger partial charge in [-0.3, -0.25) is 14.9 Å². The molecule has 0 unspecified atom stereocenters. The van der Waals surface area contributed by atoms with Crippen molar-refractivity contribution in [2.75, 3.05) is 25.6 Å². The Hall–Kier alpha value is -2.64. The number of benzene rings is 2. The van der Waals surface area contributed by atoms with Crippen LogP contribution in [0.3, 0.4) is 0 Å². The molecule has 2 rings (SSSR count). The normalized spacial score (nSPS) is 10.2. The number of ether oxygens (including phenoxy) is 2. The minimum atomic E-state index is -0.607. The highest BCUT2D eigenvalue weighted by Crippen LogP contribution is 2.27. The van der Waals surface area contributed by atoms with Crippen molar-refractivity contribution in [1.29, 1.82) is 0 Å². The Kier molecular flexibility index (Phi) is 6.11. The number of nitrogens with one attached hydrogen (secondary N) is 1. The number of carbonyl (C=O) groups excluding carboxylic acids is 1. The molecular formula is C16H15ClN2O5. The van der Waals surface area contributed by atoms with Gasteiger partial charge < -0.3 is 14.8 Å². The fraction of sp³-hybridized carbons (Fsp3) is 0.188. The Bertz CT molecular complexity index is 734. The molecule has 126 valence electrons. The SMILES string of the molecule is COCCOc1ccc(C(=O)Nc2ccc(Cl)c([N+](=O)[O-])c2)cc1. The lowest BCUT2D eigenvalue weighted by atomic mass is 10.2. The van der Waals surface area contributed by atoms with Gasteiger partial charge >= 0.3 is 0 Å². The van der Waals surface area contributed by atoms with Crippen LogP contribution in [0.1, 0.15) is 10.4 Å². The molecule has 0 aromatic heterocycles. The number of nitro benzene ring substituents is 1. The van der Waals surface area contributed by atoms with Crippen molar-refractivity contribution in [1.82, 2.24) is 0 Å². The molecule has 2 aromatic carbocycles. The van der Waals surface area contributed by atoms with Crippen LogP contribution in [0.4, 0.5) is 11.4 Å². The molecule has 24 heavy (non-hydrogen) atoms. The van der Waals surface area contributed by atoms with Crippen molar-refractivity contribution >= 4 is 28.9 Å². The Morgan fingerprint density at radius 1 is 1.21 bits per heavy atom. The molecule has 0 heterocycles. The Balaban J connectivity index is 2.04. The predicted octanol–water partition coefficient (Wildman–Crippen LogP) is 3.53. The Morgan fingerprint density at radius 3 is 2.54 bits per heavy atom. The molecule has 0 radical (unpaired) electrons. The van der Waals surface area contributed by atoms with Gasteiger partial charge in [0.2, 0.25) is 0 Å². The number of amides is 1. The number of rotatable bonds is 7. The summed E-state index contributed by atoms with van der Waals surface area (Å²) in [5.41, 5.74) is 0.416. The van der Waals surface area contributed by atoms with Gasteiger partial charge in [0.05, 0.1) is 11.5 Å². The number of hydrogen-bond donors (Lipinski definition) is 1.